The van der Waals surface area contributed by atoms with Gasteiger partial charge in [0.1, 0.15) is 0 Å². The van der Waals surface area contributed by atoms with Crippen molar-refractivity contribution in [2.45, 2.75) is 19.9 Å². The number of hydrogen-bond donors (Lipinski definition) is 1. The summed E-state index contributed by atoms with van der Waals surface area (Å²) < 4.78 is 0. The molecule has 3 heterocycles. The predicted octanol–water partition coefficient (Wildman–Crippen LogP) is 1.77. The van der Waals surface area contributed by atoms with Crippen molar-refractivity contribution in [3.05, 3.63) is 35.3 Å². The molecule has 0 radical (unpaired) electrons. The van der Waals surface area contributed by atoms with Crippen molar-refractivity contribution in [2.24, 2.45) is 0 Å². The molecule has 0 aromatic carbocycles. The van der Waals surface area contributed by atoms with Gasteiger partial charge in [0.25, 0.3) is 0 Å². The number of aromatic nitrogens is 3. The molecule has 0 amide bonds. The highest BCUT2D eigenvalue weighted by molar-refractivity contribution is 5.67. The summed E-state index contributed by atoms with van der Waals surface area (Å²) in [6, 6.07) is 2.04. The number of likely N-dealkylation sites (N-methyl/N-ethyl adjacent to an activating group) is 1. The molecule has 0 fully saturated rings. The first-order valence-corrected chi connectivity index (χ1v) is 5.91. The highest BCUT2D eigenvalue weighted by atomic mass is 15.2. The molecular formula is C13H16N4. The summed E-state index contributed by atoms with van der Waals surface area (Å²) in [6.07, 6.45) is 4.78. The fourth-order valence-corrected chi connectivity index (χ4v) is 2.39. The lowest BCUT2D eigenvalue weighted by Gasteiger charge is -2.22. The zero-order valence-corrected chi connectivity index (χ0v) is 10.2. The van der Waals surface area contributed by atoms with E-state index in [1.165, 1.54) is 22.4 Å². The lowest BCUT2D eigenvalue weighted by Crippen LogP contribution is -2.26. The number of fused-ring (bicyclic) bond motifs is 1. The quantitative estimate of drug-likeness (QED) is 0.809. The van der Waals surface area contributed by atoms with Gasteiger partial charge in [0.05, 0.1) is 5.69 Å². The summed E-state index contributed by atoms with van der Waals surface area (Å²) in [5.41, 5.74) is 6.08. The minimum atomic E-state index is 0.975. The number of aromatic amines is 1. The molecule has 0 atom stereocenters. The Balaban J connectivity index is 2.11. The topological polar surface area (TPSA) is 44.8 Å². The summed E-state index contributed by atoms with van der Waals surface area (Å²) in [5, 5.41) is 7.66. The van der Waals surface area contributed by atoms with Crippen LogP contribution in [0.2, 0.25) is 0 Å². The minimum absolute atomic E-state index is 0.975. The van der Waals surface area contributed by atoms with Crippen molar-refractivity contribution in [1.82, 2.24) is 20.1 Å². The van der Waals surface area contributed by atoms with E-state index in [1.54, 1.807) is 0 Å². The molecule has 2 aromatic rings. The standard InChI is InChI=1S/C13H16N4/c1-9-7-14-5-3-10(9)13-11-8-17(2)6-4-12(11)15-16-13/h3,5,7H,4,6,8H2,1-2H3,(H,15,16). The van der Waals surface area contributed by atoms with Crippen LogP contribution in [0.1, 0.15) is 16.8 Å². The molecule has 3 rings (SSSR count). The van der Waals surface area contributed by atoms with Gasteiger partial charge >= 0.3 is 0 Å². The number of nitrogens with zero attached hydrogens (tertiary/aromatic N) is 3. The average Bonchev–Trinajstić information content (AvgIpc) is 2.72. The van der Waals surface area contributed by atoms with E-state index < -0.39 is 0 Å². The summed E-state index contributed by atoms with van der Waals surface area (Å²) in [5.74, 6) is 0. The molecule has 1 N–H and O–H groups in total. The second kappa shape index (κ2) is 3.96. The van der Waals surface area contributed by atoms with Gasteiger partial charge in [0.2, 0.25) is 0 Å². The second-order valence-electron chi connectivity index (χ2n) is 4.71. The first kappa shape index (κ1) is 10.5. The Morgan fingerprint density at radius 1 is 1.41 bits per heavy atom. The van der Waals surface area contributed by atoms with Crippen molar-refractivity contribution < 1.29 is 0 Å². The van der Waals surface area contributed by atoms with Crippen LogP contribution in [0.3, 0.4) is 0 Å². The highest BCUT2D eigenvalue weighted by Crippen LogP contribution is 2.29. The monoisotopic (exact) mass is 228 g/mol. The molecule has 0 unspecified atom stereocenters. The van der Waals surface area contributed by atoms with Gasteiger partial charge in [-0.25, -0.2) is 0 Å². The highest BCUT2D eigenvalue weighted by Gasteiger charge is 2.21. The molecular weight excluding hydrogens is 212 g/mol. The largest absolute Gasteiger partial charge is 0.302 e. The Hall–Kier alpha value is -1.68. The first-order chi connectivity index (χ1) is 8.25. The van der Waals surface area contributed by atoms with Crippen molar-refractivity contribution in [3.63, 3.8) is 0 Å². The SMILES string of the molecule is Cc1cnccc1-c1n[nH]c2c1CN(C)CC2. The zero-order chi connectivity index (χ0) is 11.8. The van der Waals surface area contributed by atoms with Gasteiger partial charge < -0.3 is 4.90 Å². The van der Waals surface area contributed by atoms with Crippen LogP contribution < -0.4 is 0 Å². The van der Waals surface area contributed by atoms with Crippen molar-refractivity contribution >= 4 is 0 Å². The molecule has 4 heteroatoms. The van der Waals surface area contributed by atoms with Crippen LogP contribution in [0.15, 0.2) is 18.5 Å². The van der Waals surface area contributed by atoms with Crippen molar-refractivity contribution in [2.75, 3.05) is 13.6 Å². The van der Waals surface area contributed by atoms with E-state index in [9.17, 15) is 0 Å². The van der Waals surface area contributed by atoms with E-state index in [1.807, 2.05) is 18.5 Å². The number of aryl methyl sites for hydroxylation is 1. The van der Waals surface area contributed by atoms with Gasteiger partial charge in [0, 0.05) is 48.7 Å². The number of rotatable bonds is 1. The third-order valence-corrected chi connectivity index (χ3v) is 3.40. The van der Waals surface area contributed by atoms with Gasteiger partial charge in [-0.3, -0.25) is 10.1 Å². The molecule has 0 spiro atoms. The average molecular weight is 228 g/mol. The number of pyridine rings is 1. The maximum Gasteiger partial charge on any atom is 0.0972 e. The van der Waals surface area contributed by atoms with E-state index in [0.29, 0.717) is 0 Å². The minimum Gasteiger partial charge on any atom is -0.302 e. The first-order valence-electron chi connectivity index (χ1n) is 5.91. The molecule has 2 aromatic heterocycles. The normalized spacial score (nSPS) is 15.9. The van der Waals surface area contributed by atoms with Crippen molar-refractivity contribution in [1.29, 1.82) is 0 Å². The molecule has 0 saturated carbocycles. The Morgan fingerprint density at radius 2 is 2.29 bits per heavy atom. The van der Waals surface area contributed by atoms with E-state index >= 15 is 0 Å². The smallest absolute Gasteiger partial charge is 0.0972 e. The van der Waals surface area contributed by atoms with Crippen LogP contribution in [-0.4, -0.2) is 33.7 Å². The fourth-order valence-electron chi connectivity index (χ4n) is 2.39. The lowest BCUT2D eigenvalue weighted by atomic mass is 10.00. The maximum atomic E-state index is 4.48. The fraction of sp³-hybridized carbons (Fsp3) is 0.385. The van der Waals surface area contributed by atoms with Gasteiger partial charge in [-0.05, 0) is 25.6 Å². The van der Waals surface area contributed by atoms with Crippen LogP contribution in [0.4, 0.5) is 0 Å². The molecule has 0 aliphatic carbocycles. The van der Waals surface area contributed by atoms with Gasteiger partial charge in [-0.2, -0.15) is 5.10 Å². The van der Waals surface area contributed by atoms with Crippen LogP contribution in [0.5, 0.6) is 0 Å². The molecule has 0 bridgehead atoms. The van der Waals surface area contributed by atoms with E-state index in [2.05, 4.69) is 34.1 Å². The Kier molecular flexibility index (Phi) is 2.44. The zero-order valence-electron chi connectivity index (χ0n) is 10.2. The van der Waals surface area contributed by atoms with Gasteiger partial charge in [-0.1, -0.05) is 0 Å². The van der Waals surface area contributed by atoms with Gasteiger partial charge in [0.15, 0.2) is 0 Å². The van der Waals surface area contributed by atoms with Crippen LogP contribution in [0, 0.1) is 6.92 Å². The van der Waals surface area contributed by atoms with Crippen molar-refractivity contribution in [3.8, 4) is 11.3 Å². The molecule has 0 saturated heterocycles. The molecule has 4 nitrogen and oxygen atoms in total. The summed E-state index contributed by atoms with van der Waals surface area (Å²) in [4.78, 5) is 6.46. The number of hydrogen-bond acceptors (Lipinski definition) is 3. The molecule has 1 aliphatic rings. The van der Waals surface area contributed by atoms with Gasteiger partial charge in [-0.15, -0.1) is 0 Å². The van der Waals surface area contributed by atoms with Crippen LogP contribution in [0.25, 0.3) is 11.3 Å². The third-order valence-electron chi connectivity index (χ3n) is 3.40. The lowest BCUT2D eigenvalue weighted by molar-refractivity contribution is 0.312. The summed E-state index contributed by atoms with van der Waals surface area (Å²) in [7, 11) is 2.15. The Morgan fingerprint density at radius 3 is 3.12 bits per heavy atom. The summed E-state index contributed by atoms with van der Waals surface area (Å²) >= 11 is 0. The third kappa shape index (κ3) is 1.74. The molecule has 1 aliphatic heterocycles. The second-order valence-corrected chi connectivity index (χ2v) is 4.71. The molecule has 17 heavy (non-hydrogen) atoms. The number of nitrogens with one attached hydrogen (secondary N) is 1. The number of H-pyrrole nitrogens is 1. The predicted molar refractivity (Wildman–Crippen MR) is 66.6 cm³/mol. The van der Waals surface area contributed by atoms with E-state index in [4.69, 9.17) is 0 Å². The van der Waals surface area contributed by atoms with Crippen LogP contribution >= 0.6 is 0 Å². The van der Waals surface area contributed by atoms with E-state index in [-0.39, 0.29) is 0 Å². The van der Waals surface area contributed by atoms with E-state index in [0.717, 1.165) is 25.2 Å². The maximum absolute atomic E-state index is 4.48. The summed E-state index contributed by atoms with van der Waals surface area (Å²) in [6.45, 7) is 4.16. The Labute approximate surface area is 101 Å². The van der Waals surface area contributed by atoms with Crippen LogP contribution in [-0.2, 0) is 13.0 Å². The Bertz CT molecular complexity index is 544. The molecule has 88 valence electrons.